The van der Waals surface area contributed by atoms with E-state index in [0.717, 1.165) is 11.1 Å². The molecule has 3 heteroatoms. The van der Waals surface area contributed by atoms with Crippen LogP contribution in [0.25, 0.3) is 0 Å². The number of halogens is 1. The maximum Gasteiger partial charge on any atom is 0.0553 e. The summed E-state index contributed by atoms with van der Waals surface area (Å²) in [6.07, 6.45) is 1.54. The van der Waals surface area contributed by atoms with Gasteiger partial charge in [0, 0.05) is 10.6 Å². The fraction of sp³-hybridized carbons (Fsp3) is 0.278. The van der Waals surface area contributed by atoms with Crippen molar-refractivity contribution in [3.8, 4) is 0 Å². The Morgan fingerprint density at radius 1 is 0.857 bits per heavy atom. The Labute approximate surface area is 133 Å². The zero-order valence-corrected chi connectivity index (χ0v) is 14.3. The fourth-order valence-electron chi connectivity index (χ4n) is 1.48. The maximum absolute atomic E-state index is 5.83. The smallest absolute Gasteiger partial charge is 0.0553 e. The number of benzene rings is 2. The molecule has 0 spiro atoms. The van der Waals surface area contributed by atoms with Gasteiger partial charge in [0.05, 0.1) is 6.21 Å². The molecular formula is C18H25ClN2. The average molecular weight is 305 g/mol. The fourth-order valence-corrected chi connectivity index (χ4v) is 1.65. The number of rotatable bonds is 1. The number of aryl methyl sites for hydroxylation is 3. The lowest BCUT2D eigenvalue weighted by molar-refractivity contribution is 1.26. The highest BCUT2D eigenvalue weighted by molar-refractivity contribution is 6.33. The molecule has 0 bridgehead atoms. The number of hydrogen-bond donors (Lipinski definition) is 1. The second-order valence-corrected chi connectivity index (χ2v) is 4.87. The van der Waals surface area contributed by atoms with E-state index in [4.69, 9.17) is 17.4 Å². The monoisotopic (exact) mass is 304 g/mol. The van der Waals surface area contributed by atoms with Crippen LogP contribution in [0.3, 0.4) is 0 Å². The van der Waals surface area contributed by atoms with Gasteiger partial charge >= 0.3 is 0 Å². The number of hydrazone groups is 1. The summed E-state index contributed by atoms with van der Waals surface area (Å²) in [6.45, 7) is 10.2. The van der Waals surface area contributed by atoms with E-state index in [-0.39, 0.29) is 0 Å². The van der Waals surface area contributed by atoms with E-state index >= 15 is 0 Å². The van der Waals surface area contributed by atoms with Crippen LogP contribution in [0.4, 0.5) is 0 Å². The van der Waals surface area contributed by atoms with Gasteiger partial charge in [-0.3, -0.25) is 0 Å². The van der Waals surface area contributed by atoms with Gasteiger partial charge in [-0.1, -0.05) is 72.5 Å². The van der Waals surface area contributed by atoms with E-state index in [2.05, 4.69) is 43.2 Å². The van der Waals surface area contributed by atoms with Crippen molar-refractivity contribution in [3.05, 3.63) is 69.7 Å². The number of hydrogen-bond acceptors (Lipinski definition) is 2. The van der Waals surface area contributed by atoms with Gasteiger partial charge in [-0.05, 0) is 32.9 Å². The molecular weight excluding hydrogens is 280 g/mol. The van der Waals surface area contributed by atoms with Crippen molar-refractivity contribution in [2.24, 2.45) is 10.9 Å². The van der Waals surface area contributed by atoms with Crippen molar-refractivity contribution in [1.29, 1.82) is 0 Å². The molecule has 0 aromatic heterocycles. The Balaban J connectivity index is 0.000000354. The van der Waals surface area contributed by atoms with Crippen LogP contribution >= 0.6 is 11.6 Å². The molecule has 0 amide bonds. The molecule has 2 aromatic carbocycles. The highest BCUT2D eigenvalue weighted by atomic mass is 35.5. The topological polar surface area (TPSA) is 38.4 Å². The van der Waals surface area contributed by atoms with E-state index in [1.54, 1.807) is 0 Å². The highest BCUT2D eigenvalue weighted by Crippen LogP contribution is 2.14. The molecule has 2 N–H and O–H groups in total. The van der Waals surface area contributed by atoms with E-state index in [1.165, 1.54) is 17.3 Å². The predicted octanol–water partition coefficient (Wildman–Crippen LogP) is 5.27. The second kappa shape index (κ2) is 10.9. The van der Waals surface area contributed by atoms with Gasteiger partial charge in [-0.2, -0.15) is 5.10 Å². The number of nitrogens with two attached hydrogens (primary N) is 1. The van der Waals surface area contributed by atoms with Gasteiger partial charge < -0.3 is 5.84 Å². The van der Waals surface area contributed by atoms with Crippen LogP contribution < -0.4 is 5.84 Å². The third kappa shape index (κ3) is 8.16. The minimum absolute atomic E-state index is 0.671. The molecule has 2 rings (SSSR count). The molecule has 0 fully saturated rings. The molecule has 0 saturated heterocycles. The lowest BCUT2D eigenvalue weighted by Gasteiger charge is -1.97. The van der Waals surface area contributed by atoms with Crippen molar-refractivity contribution < 1.29 is 0 Å². The third-order valence-electron chi connectivity index (χ3n) is 2.58. The average Bonchev–Trinajstić information content (AvgIpc) is 2.49. The SMILES string of the molecule is CC.Cc1ccc(C)cc1.Cc1ccc(Cl)c(/C=N/N)c1. The molecule has 0 aliphatic heterocycles. The van der Waals surface area contributed by atoms with Gasteiger partial charge in [-0.15, -0.1) is 0 Å². The molecule has 0 aliphatic carbocycles. The molecule has 2 aromatic rings. The van der Waals surface area contributed by atoms with Crippen LogP contribution in [0.15, 0.2) is 47.6 Å². The molecule has 114 valence electrons. The van der Waals surface area contributed by atoms with Crippen LogP contribution in [0, 0.1) is 20.8 Å². The third-order valence-corrected chi connectivity index (χ3v) is 2.93. The molecule has 0 aliphatic rings. The zero-order chi connectivity index (χ0) is 16.3. The van der Waals surface area contributed by atoms with Crippen molar-refractivity contribution in [1.82, 2.24) is 0 Å². The standard InChI is InChI=1S/C8H9ClN2.C8H10.C2H6/c1-6-2-3-8(9)7(4-6)5-11-10;1-7-3-5-8(2)6-4-7;1-2/h2-5H,10H2,1H3;3-6H,1-2H3;1-2H3/b11-5+;;. The first-order chi connectivity index (χ1) is 10.0. The second-order valence-electron chi connectivity index (χ2n) is 4.46. The first-order valence-electron chi connectivity index (χ1n) is 7.05. The molecule has 0 saturated carbocycles. The van der Waals surface area contributed by atoms with Crippen molar-refractivity contribution in [3.63, 3.8) is 0 Å². The Kier molecular flexibility index (Phi) is 9.99. The van der Waals surface area contributed by atoms with Crippen LogP contribution in [0.5, 0.6) is 0 Å². The first kappa shape index (κ1) is 19.2. The molecule has 2 nitrogen and oxygen atoms in total. The Bertz CT molecular complexity index is 525. The van der Waals surface area contributed by atoms with E-state index in [1.807, 2.05) is 39.0 Å². The van der Waals surface area contributed by atoms with Crippen LogP contribution in [0.2, 0.25) is 5.02 Å². The lowest BCUT2D eigenvalue weighted by Crippen LogP contribution is -1.88. The molecule has 0 unspecified atom stereocenters. The van der Waals surface area contributed by atoms with Gasteiger partial charge in [0.15, 0.2) is 0 Å². The van der Waals surface area contributed by atoms with Crippen LogP contribution in [-0.2, 0) is 0 Å². The van der Waals surface area contributed by atoms with E-state index in [0.29, 0.717) is 5.02 Å². The van der Waals surface area contributed by atoms with E-state index < -0.39 is 0 Å². The summed E-state index contributed by atoms with van der Waals surface area (Å²) in [7, 11) is 0. The summed E-state index contributed by atoms with van der Waals surface area (Å²) in [5.74, 6) is 4.99. The summed E-state index contributed by atoms with van der Waals surface area (Å²) in [6, 6.07) is 14.2. The Hall–Kier alpha value is -1.80. The molecule has 0 radical (unpaired) electrons. The minimum atomic E-state index is 0.671. The summed E-state index contributed by atoms with van der Waals surface area (Å²) in [5.41, 5.74) is 4.66. The summed E-state index contributed by atoms with van der Waals surface area (Å²) in [4.78, 5) is 0. The number of nitrogens with zero attached hydrogens (tertiary/aromatic N) is 1. The van der Waals surface area contributed by atoms with E-state index in [9.17, 15) is 0 Å². The van der Waals surface area contributed by atoms with Gasteiger partial charge in [0.25, 0.3) is 0 Å². The predicted molar refractivity (Wildman–Crippen MR) is 95.2 cm³/mol. The highest BCUT2D eigenvalue weighted by Gasteiger charge is 1.95. The van der Waals surface area contributed by atoms with Gasteiger partial charge in [0.2, 0.25) is 0 Å². The summed E-state index contributed by atoms with van der Waals surface area (Å²) in [5, 5.41) is 4.07. The van der Waals surface area contributed by atoms with Crippen molar-refractivity contribution in [2.75, 3.05) is 0 Å². The first-order valence-corrected chi connectivity index (χ1v) is 7.43. The normalized spacial score (nSPS) is 9.43. The van der Waals surface area contributed by atoms with Gasteiger partial charge in [-0.25, -0.2) is 0 Å². The zero-order valence-electron chi connectivity index (χ0n) is 13.5. The van der Waals surface area contributed by atoms with Crippen molar-refractivity contribution in [2.45, 2.75) is 34.6 Å². The Morgan fingerprint density at radius 3 is 1.71 bits per heavy atom. The maximum atomic E-state index is 5.83. The van der Waals surface area contributed by atoms with Gasteiger partial charge in [0.1, 0.15) is 0 Å². The summed E-state index contributed by atoms with van der Waals surface area (Å²) < 4.78 is 0. The molecule has 0 heterocycles. The summed E-state index contributed by atoms with van der Waals surface area (Å²) >= 11 is 5.83. The molecule has 0 atom stereocenters. The quantitative estimate of drug-likeness (QED) is 0.435. The largest absolute Gasteiger partial charge is 0.323 e. The molecule has 21 heavy (non-hydrogen) atoms. The van der Waals surface area contributed by atoms with Crippen LogP contribution in [-0.4, -0.2) is 6.21 Å². The minimum Gasteiger partial charge on any atom is -0.323 e. The van der Waals surface area contributed by atoms with Crippen LogP contribution in [0.1, 0.15) is 36.1 Å². The lowest BCUT2D eigenvalue weighted by atomic mass is 10.1. The Morgan fingerprint density at radius 2 is 1.29 bits per heavy atom. The van der Waals surface area contributed by atoms with Crippen molar-refractivity contribution >= 4 is 17.8 Å².